The molecule has 2 aromatic carbocycles. The van der Waals surface area contributed by atoms with Crippen molar-refractivity contribution in [2.24, 2.45) is 0 Å². The van der Waals surface area contributed by atoms with E-state index in [1.807, 2.05) is 30.3 Å². The minimum atomic E-state index is -0.511. The summed E-state index contributed by atoms with van der Waals surface area (Å²) in [6.07, 6.45) is 1.71. The molecule has 0 bridgehead atoms. The lowest BCUT2D eigenvalue weighted by molar-refractivity contribution is -0.147. The van der Waals surface area contributed by atoms with Crippen molar-refractivity contribution < 1.29 is 14.3 Å². The number of aryl methyl sites for hydroxylation is 1. The number of ether oxygens (including phenoxy) is 1. The van der Waals surface area contributed by atoms with E-state index >= 15 is 0 Å². The Hall–Kier alpha value is -2.04. The monoisotopic (exact) mass is 379 g/mol. The third-order valence-electron chi connectivity index (χ3n) is 3.52. The van der Waals surface area contributed by atoms with Gasteiger partial charge in [-0.3, -0.25) is 9.59 Å². The van der Waals surface area contributed by atoms with Crippen LogP contribution in [0.1, 0.15) is 17.5 Å². The van der Waals surface area contributed by atoms with Crippen LogP contribution in [0.2, 0.25) is 10.0 Å². The van der Waals surface area contributed by atoms with Crippen LogP contribution in [0.4, 0.5) is 0 Å². The lowest BCUT2D eigenvalue weighted by atomic mass is 10.1. The molecule has 0 fully saturated rings. The summed E-state index contributed by atoms with van der Waals surface area (Å²) >= 11 is 11.8. The van der Waals surface area contributed by atoms with Gasteiger partial charge in [-0.25, -0.2) is 0 Å². The standard InChI is InChI=1S/C19H19Cl2NO3/c20-16-9-8-15(17(21)12-16)11-19(24)25-13-18(23)22-10-4-7-14-5-2-1-3-6-14/h1-3,5-6,8-9,12H,4,7,10-11,13H2,(H,22,23). The molecule has 0 aliphatic heterocycles. The molecule has 0 spiro atoms. The third kappa shape index (κ3) is 7.16. The van der Waals surface area contributed by atoms with Crippen molar-refractivity contribution >= 4 is 35.1 Å². The molecule has 0 aliphatic rings. The molecule has 1 N–H and O–H groups in total. The number of benzene rings is 2. The fourth-order valence-corrected chi connectivity index (χ4v) is 2.71. The molecule has 132 valence electrons. The zero-order valence-electron chi connectivity index (χ0n) is 13.6. The van der Waals surface area contributed by atoms with E-state index in [-0.39, 0.29) is 18.9 Å². The van der Waals surface area contributed by atoms with Gasteiger partial charge in [-0.05, 0) is 36.1 Å². The molecule has 0 aliphatic carbocycles. The van der Waals surface area contributed by atoms with Gasteiger partial charge in [0.05, 0.1) is 6.42 Å². The summed E-state index contributed by atoms with van der Waals surface area (Å²) in [7, 11) is 0. The van der Waals surface area contributed by atoms with Gasteiger partial charge in [0.25, 0.3) is 5.91 Å². The minimum absolute atomic E-state index is 0.00269. The molecule has 0 atom stereocenters. The van der Waals surface area contributed by atoms with Crippen molar-refractivity contribution in [3.05, 3.63) is 69.7 Å². The van der Waals surface area contributed by atoms with Crippen LogP contribution in [0.5, 0.6) is 0 Å². The molecule has 0 unspecified atom stereocenters. The number of esters is 1. The van der Waals surface area contributed by atoms with Crippen LogP contribution < -0.4 is 5.32 Å². The summed E-state index contributed by atoms with van der Waals surface area (Å²) in [5, 5.41) is 3.63. The maximum absolute atomic E-state index is 11.8. The van der Waals surface area contributed by atoms with Crippen LogP contribution >= 0.6 is 23.2 Å². The predicted octanol–water partition coefficient (Wildman–Crippen LogP) is 3.83. The highest BCUT2D eigenvalue weighted by molar-refractivity contribution is 6.35. The van der Waals surface area contributed by atoms with Gasteiger partial charge in [0.1, 0.15) is 0 Å². The van der Waals surface area contributed by atoms with Crippen molar-refractivity contribution in [2.45, 2.75) is 19.3 Å². The normalized spacial score (nSPS) is 10.3. The third-order valence-corrected chi connectivity index (χ3v) is 4.11. The average Bonchev–Trinajstić information content (AvgIpc) is 2.60. The molecule has 1 amide bonds. The number of carbonyl (C=O) groups is 2. The van der Waals surface area contributed by atoms with E-state index in [0.29, 0.717) is 22.2 Å². The van der Waals surface area contributed by atoms with Crippen molar-refractivity contribution in [3.8, 4) is 0 Å². The van der Waals surface area contributed by atoms with Gasteiger partial charge in [0, 0.05) is 16.6 Å². The highest BCUT2D eigenvalue weighted by Crippen LogP contribution is 2.21. The van der Waals surface area contributed by atoms with Crippen LogP contribution in [-0.4, -0.2) is 25.0 Å². The molecule has 0 saturated heterocycles. The number of nitrogens with one attached hydrogen (secondary N) is 1. The van der Waals surface area contributed by atoms with Crippen molar-refractivity contribution in [3.63, 3.8) is 0 Å². The van der Waals surface area contributed by atoms with Gasteiger partial charge in [0.2, 0.25) is 0 Å². The zero-order chi connectivity index (χ0) is 18.1. The second-order valence-corrected chi connectivity index (χ2v) is 6.36. The van der Waals surface area contributed by atoms with Crippen LogP contribution in [0.15, 0.2) is 48.5 Å². The molecular weight excluding hydrogens is 361 g/mol. The van der Waals surface area contributed by atoms with E-state index in [2.05, 4.69) is 5.32 Å². The first kappa shape index (κ1) is 19.3. The summed E-state index contributed by atoms with van der Waals surface area (Å²) in [6, 6.07) is 14.9. The maximum Gasteiger partial charge on any atom is 0.310 e. The van der Waals surface area contributed by atoms with E-state index in [1.54, 1.807) is 18.2 Å². The number of carbonyl (C=O) groups excluding carboxylic acids is 2. The van der Waals surface area contributed by atoms with E-state index in [1.165, 1.54) is 5.56 Å². The Morgan fingerprint density at radius 3 is 2.52 bits per heavy atom. The number of amides is 1. The molecule has 6 heteroatoms. The smallest absolute Gasteiger partial charge is 0.310 e. The molecule has 0 aromatic heterocycles. The Labute approximate surface area is 157 Å². The summed E-state index contributed by atoms with van der Waals surface area (Å²) in [6.45, 7) is 0.240. The molecule has 0 heterocycles. The van der Waals surface area contributed by atoms with E-state index < -0.39 is 5.97 Å². The Balaban J connectivity index is 1.63. The number of hydrogen-bond acceptors (Lipinski definition) is 3. The first-order valence-electron chi connectivity index (χ1n) is 7.95. The minimum Gasteiger partial charge on any atom is -0.455 e. The SMILES string of the molecule is O=C(COC(=O)Cc1ccc(Cl)cc1Cl)NCCCc1ccccc1. The molecule has 25 heavy (non-hydrogen) atoms. The Kier molecular flexibility index (Phi) is 7.76. The molecule has 4 nitrogen and oxygen atoms in total. The van der Waals surface area contributed by atoms with E-state index in [0.717, 1.165) is 12.8 Å². The van der Waals surface area contributed by atoms with E-state index in [4.69, 9.17) is 27.9 Å². The predicted molar refractivity (Wildman–Crippen MR) is 98.9 cm³/mol. The Morgan fingerprint density at radius 1 is 1.04 bits per heavy atom. The quantitative estimate of drug-likeness (QED) is 0.560. The lowest BCUT2D eigenvalue weighted by Gasteiger charge is -2.08. The van der Waals surface area contributed by atoms with Crippen LogP contribution in [0.25, 0.3) is 0 Å². The van der Waals surface area contributed by atoms with Crippen LogP contribution in [-0.2, 0) is 27.2 Å². The number of rotatable bonds is 8. The summed E-state index contributed by atoms with van der Waals surface area (Å²) < 4.78 is 4.97. The molecule has 0 radical (unpaired) electrons. The molecule has 0 saturated carbocycles. The first-order valence-corrected chi connectivity index (χ1v) is 8.70. The summed E-state index contributed by atoms with van der Waals surface area (Å²) in [4.78, 5) is 23.5. The molecular formula is C19H19Cl2NO3. The van der Waals surface area contributed by atoms with Gasteiger partial charge in [-0.1, -0.05) is 59.6 Å². The topological polar surface area (TPSA) is 55.4 Å². The Morgan fingerprint density at radius 2 is 1.80 bits per heavy atom. The van der Waals surface area contributed by atoms with Crippen molar-refractivity contribution in [1.82, 2.24) is 5.32 Å². The average molecular weight is 380 g/mol. The first-order chi connectivity index (χ1) is 12.0. The van der Waals surface area contributed by atoms with Crippen molar-refractivity contribution in [2.75, 3.05) is 13.2 Å². The second kappa shape index (κ2) is 10.1. The Bertz CT molecular complexity index is 720. The van der Waals surface area contributed by atoms with Gasteiger partial charge >= 0.3 is 5.97 Å². The van der Waals surface area contributed by atoms with E-state index in [9.17, 15) is 9.59 Å². The highest BCUT2D eigenvalue weighted by Gasteiger charge is 2.11. The van der Waals surface area contributed by atoms with Gasteiger partial charge in [0.15, 0.2) is 6.61 Å². The van der Waals surface area contributed by atoms with Gasteiger partial charge < -0.3 is 10.1 Å². The number of halogens is 2. The number of hydrogen-bond donors (Lipinski definition) is 1. The highest BCUT2D eigenvalue weighted by atomic mass is 35.5. The van der Waals surface area contributed by atoms with Gasteiger partial charge in [-0.2, -0.15) is 0 Å². The zero-order valence-corrected chi connectivity index (χ0v) is 15.1. The fraction of sp³-hybridized carbons (Fsp3) is 0.263. The fourth-order valence-electron chi connectivity index (χ4n) is 2.23. The molecule has 2 rings (SSSR count). The van der Waals surface area contributed by atoms with Crippen molar-refractivity contribution in [1.29, 1.82) is 0 Å². The lowest BCUT2D eigenvalue weighted by Crippen LogP contribution is -2.30. The van der Waals surface area contributed by atoms with Gasteiger partial charge in [-0.15, -0.1) is 0 Å². The largest absolute Gasteiger partial charge is 0.455 e. The second-order valence-electron chi connectivity index (χ2n) is 5.51. The maximum atomic E-state index is 11.8. The van der Waals surface area contributed by atoms with Crippen LogP contribution in [0.3, 0.4) is 0 Å². The summed E-state index contributed by atoms with van der Waals surface area (Å²) in [5.41, 5.74) is 1.84. The summed E-state index contributed by atoms with van der Waals surface area (Å²) in [5.74, 6) is -0.827. The molecule has 2 aromatic rings. The van der Waals surface area contributed by atoms with Crippen LogP contribution in [0, 0.1) is 0 Å².